The van der Waals surface area contributed by atoms with Gasteiger partial charge in [0.25, 0.3) is 5.56 Å². The molecule has 0 radical (unpaired) electrons. The van der Waals surface area contributed by atoms with Gasteiger partial charge in [0.2, 0.25) is 0 Å². The van der Waals surface area contributed by atoms with E-state index in [0.29, 0.717) is 5.56 Å². The van der Waals surface area contributed by atoms with E-state index in [-0.39, 0.29) is 10.5 Å². The van der Waals surface area contributed by atoms with Crippen LogP contribution < -0.4 is 11.3 Å². The number of hydrogen-bond acceptors (Lipinski definition) is 2. The van der Waals surface area contributed by atoms with Crippen molar-refractivity contribution in [3.8, 4) is 11.1 Å². The van der Waals surface area contributed by atoms with Crippen LogP contribution in [0.2, 0.25) is 0 Å². The highest BCUT2D eigenvalue weighted by Gasteiger charge is 2.18. The van der Waals surface area contributed by atoms with E-state index in [0.717, 1.165) is 29.7 Å². The minimum atomic E-state index is -0.194. The Kier molecular flexibility index (Phi) is 2.52. The zero-order chi connectivity index (χ0) is 12.7. The number of nitrogens with two attached hydrogens (primary N) is 1. The van der Waals surface area contributed by atoms with E-state index in [1.165, 1.54) is 5.56 Å². The minimum Gasteiger partial charge on any atom is -0.389 e. The minimum absolute atomic E-state index is 0.141. The number of fused-ring (bicyclic) bond motifs is 3. The molecule has 0 atom stereocenters. The van der Waals surface area contributed by atoms with Crippen LogP contribution in [0.3, 0.4) is 0 Å². The summed E-state index contributed by atoms with van der Waals surface area (Å²) in [4.78, 5) is 14.9. The van der Waals surface area contributed by atoms with Gasteiger partial charge in [0.05, 0.1) is 5.56 Å². The highest BCUT2D eigenvalue weighted by molar-refractivity contribution is 7.80. The number of pyridine rings is 1. The first-order valence-corrected chi connectivity index (χ1v) is 6.22. The molecule has 90 valence electrons. The first-order valence-electron chi connectivity index (χ1n) is 5.81. The molecule has 4 heteroatoms. The predicted molar refractivity (Wildman–Crippen MR) is 75.8 cm³/mol. The molecule has 0 saturated carbocycles. The maximum atomic E-state index is 11.8. The van der Waals surface area contributed by atoms with Gasteiger partial charge in [0.15, 0.2) is 0 Å². The number of benzene rings is 1. The first kappa shape index (κ1) is 11.2. The number of H-pyrrole nitrogens is 1. The summed E-state index contributed by atoms with van der Waals surface area (Å²) in [5, 5.41) is 0. The molecule has 1 aliphatic rings. The Labute approximate surface area is 110 Å². The largest absolute Gasteiger partial charge is 0.389 e. The van der Waals surface area contributed by atoms with Crippen LogP contribution in [0.15, 0.2) is 35.1 Å². The van der Waals surface area contributed by atoms with Crippen LogP contribution in [0.1, 0.15) is 16.8 Å². The highest BCUT2D eigenvalue weighted by Crippen LogP contribution is 2.31. The smallest absolute Gasteiger partial charge is 0.258 e. The lowest BCUT2D eigenvalue weighted by molar-refractivity contribution is 0.886. The zero-order valence-electron chi connectivity index (χ0n) is 9.69. The lowest BCUT2D eigenvalue weighted by Gasteiger charge is -2.19. The van der Waals surface area contributed by atoms with Gasteiger partial charge in [-0.3, -0.25) is 4.79 Å². The van der Waals surface area contributed by atoms with E-state index in [1.807, 2.05) is 18.2 Å². The summed E-state index contributed by atoms with van der Waals surface area (Å²) in [6, 6.07) is 10.0. The second-order valence-electron chi connectivity index (χ2n) is 4.43. The lowest BCUT2D eigenvalue weighted by Crippen LogP contribution is -2.25. The number of rotatable bonds is 1. The summed E-state index contributed by atoms with van der Waals surface area (Å²) >= 11 is 4.91. The van der Waals surface area contributed by atoms with Crippen molar-refractivity contribution in [1.82, 2.24) is 4.98 Å². The molecular weight excluding hydrogens is 244 g/mol. The summed E-state index contributed by atoms with van der Waals surface area (Å²) < 4.78 is 0. The van der Waals surface area contributed by atoms with Crippen molar-refractivity contribution in [2.24, 2.45) is 5.73 Å². The fraction of sp³-hybridized carbons (Fsp3) is 0.143. The third-order valence-corrected chi connectivity index (χ3v) is 3.56. The fourth-order valence-electron chi connectivity index (χ4n) is 2.45. The van der Waals surface area contributed by atoms with Crippen LogP contribution >= 0.6 is 12.2 Å². The molecule has 1 aromatic carbocycles. The standard InChI is InChI=1S/C14H12N2OS/c15-13(18)11-7-10-9-4-2-1-3-8(9)5-6-12(10)16-14(11)17/h1-4,7H,5-6H2,(H2,15,18)(H,16,17). The monoisotopic (exact) mass is 256 g/mol. The number of hydrogen-bond donors (Lipinski definition) is 2. The normalized spacial score (nSPS) is 12.7. The van der Waals surface area contributed by atoms with Gasteiger partial charge < -0.3 is 10.7 Å². The average molecular weight is 256 g/mol. The molecule has 3 nitrogen and oxygen atoms in total. The number of aryl methyl sites for hydroxylation is 2. The quantitative estimate of drug-likeness (QED) is 0.765. The van der Waals surface area contributed by atoms with Gasteiger partial charge in [-0.05, 0) is 30.0 Å². The molecule has 0 spiro atoms. The molecule has 1 heterocycles. The van der Waals surface area contributed by atoms with Gasteiger partial charge >= 0.3 is 0 Å². The Morgan fingerprint density at radius 3 is 2.78 bits per heavy atom. The van der Waals surface area contributed by atoms with E-state index in [4.69, 9.17) is 18.0 Å². The fourth-order valence-corrected chi connectivity index (χ4v) is 2.60. The average Bonchev–Trinajstić information content (AvgIpc) is 2.37. The molecule has 0 unspecified atom stereocenters. The Hall–Kier alpha value is -1.94. The Bertz CT molecular complexity index is 703. The summed E-state index contributed by atoms with van der Waals surface area (Å²) in [7, 11) is 0. The maximum Gasteiger partial charge on any atom is 0.258 e. The second kappa shape index (κ2) is 4.07. The third-order valence-electron chi connectivity index (χ3n) is 3.34. The van der Waals surface area contributed by atoms with Crippen LogP contribution in [0.25, 0.3) is 11.1 Å². The first-order chi connectivity index (χ1) is 8.66. The van der Waals surface area contributed by atoms with E-state index in [9.17, 15) is 4.79 Å². The Morgan fingerprint density at radius 2 is 2.00 bits per heavy atom. The molecule has 0 fully saturated rings. The molecule has 2 aromatic rings. The van der Waals surface area contributed by atoms with Crippen molar-refractivity contribution in [1.29, 1.82) is 0 Å². The molecule has 0 bridgehead atoms. The Morgan fingerprint density at radius 1 is 1.22 bits per heavy atom. The zero-order valence-corrected chi connectivity index (χ0v) is 10.5. The van der Waals surface area contributed by atoms with Gasteiger partial charge in [0.1, 0.15) is 4.99 Å². The summed E-state index contributed by atoms with van der Waals surface area (Å²) in [6.45, 7) is 0. The van der Waals surface area contributed by atoms with Gasteiger partial charge in [-0.25, -0.2) is 0 Å². The number of aromatic amines is 1. The van der Waals surface area contributed by atoms with Gasteiger partial charge in [-0.15, -0.1) is 0 Å². The summed E-state index contributed by atoms with van der Waals surface area (Å²) in [5.41, 5.74) is 10.2. The van der Waals surface area contributed by atoms with Crippen molar-refractivity contribution in [2.75, 3.05) is 0 Å². The number of aromatic nitrogens is 1. The van der Waals surface area contributed by atoms with Gasteiger partial charge in [-0.1, -0.05) is 36.5 Å². The molecule has 1 aliphatic carbocycles. The van der Waals surface area contributed by atoms with Crippen LogP contribution in [0, 0.1) is 0 Å². The summed E-state index contributed by atoms with van der Waals surface area (Å²) in [6.07, 6.45) is 1.80. The van der Waals surface area contributed by atoms with Crippen molar-refractivity contribution in [3.63, 3.8) is 0 Å². The van der Waals surface area contributed by atoms with Crippen LogP contribution in [0.4, 0.5) is 0 Å². The highest BCUT2D eigenvalue weighted by atomic mass is 32.1. The second-order valence-corrected chi connectivity index (χ2v) is 4.87. The van der Waals surface area contributed by atoms with E-state index in [1.54, 1.807) is 0 Å². The lowest BCUT2D eigenvalue weighted by atomic mass is 9.88. The Balaban J connectivity index is 2.30. The van der Waals surface area contributed by atoms with Gasteiger partial charge in [-0.2, -0.15) is 0 Å². The van der Waals surface area contributed by atoms with Crippen molar-refractivity contribution in [2.45, 2.75) is 12.8 Å². The third kappa shape index (κ3) is 1.66. The SMILES string of the molecule is NC(=S)c1cc2c([nH]c1=O)CCc1ccccc1-2. The molecule has 18 heavy (non-hydrogen) atoms. The molecular formula is C14H12N2OS. The van der Waals surface area contributed by atoms with Crippen molar-refractivity contribution < 1.29 is 0 Å². The van der Waals surface area contributed by atoms with Crippen LogP contribution in [-0.2, 0) is 12.8 Å². The van der Waals surface area contributed by atoms with E-state index in [2.05, 4.69) is 17.1 Å². The van der Waals surface area contributed by atoms with Crippen LogP contribution in [0.5, 0.6) is 0 Å². The van der Waals surface area contributed by atoms with E-state index >= 15 is 0 Å². The molecule has 0 amide bonds. The number of nitrogens with one attached hydrogen (secondary N) is 1. The summed E-state index contributed by atoms with van der Waals surface area (Å²) in [5.74, 6) is 0. The van der Waals surface area contributed by atoms with Crippen molar-refractivity contribution >= 4 is 17.2 Å². The van der Waals surface area contributed by atoms with E-state index < -0.39 is 0 Å². The molecule has 0 aliphatic heterocycles. The molecule has 1 aromatic heterocycles. The van der Waals surface area contributed by atoms with Crippen molar-refractivity contribution in [3.05, 3.63) is 57.5 Å². The molecule has 3 N–H and O–H groups in total. The van der Waals surface area contributed by atoms with Gasteiger partial charge in [0, 0.05) is 11.3 Å². The molecule has 3 rings (SSSR count). The topological polar surface area (TPSA) is 58.9 Å². The van der Waals surface area contributed by atoms with Crippen LogP contribution in [-0.4, -0.2) is 9.97 Å². The maximum absolute atomic E-state index is 11.8. The number of thiocarbonyl (C=S) groups is 1. The predicted octanol–water partition coefficient (Wildman–Crippen LogP) is 1.77. The molecule has 0 saturated heterocycles.